The van der Waals surface area contributed by atoms with Crippen LogP contribution < -0.4 is 4.72 Å². The molecule has 0 spiro atoms. The predicted octanol–water partition coefficient (Wildman–Crippen LogP) is 1.69. The normalized spacial score (nSPS) is 12.6. The van der Waals surface area contributed by atoms with Crippen LogP contribution >= 0.6 is 0 Å². The lowest BCUT2D eigenvalue weighted by atomic mass is 10.1. The largest absolute Gasteiger partial charge is 0.453 e. The third-order valence-corrected chi connectivity index (χ3v) is 5.30. The molecule has 2 rings (SSSR count). The molecule has 1 aromatic carbocycles. The van der Waals surface area contributed by atoms with Crippen molar-refractivity contribution in [1.82, 2.24) is 9.88 Å². The number of esters is 1. The van der Waals surface area contributed by atoms with Crippen LogP contribution in [0.5, 0.6) is 0 Å². The van der Waals surface area contributed by atoms with Crippen molar-refractivity contribution < 1.29 is 27.3 Å². The highest BCUT2D eigenvalue weighted by Gasteiger charge is 2.26. The molecular weight excluding hydrogens is 360 g/mol. The standard InChI is InChI=1S/C17H20N2O6S/c1-10-5-7-14(8-6-10)16(21)12(3)24-15(20)9-18-26(22,23)17-11(2)19-25-13(17)4/h5-8,12,18H,9H2,1-4H3/t12-/m1/s1. The Morgan fingerprint density at radius 1 is 1.19 bits per heavy atom. The Hall–Kier alpha value is -2.52. The first-order chi connectivity index (χ1) is 12.1. The number of Topliss-reactive ketones (excluding diaryl/α,β-unsaturated/α-hetero) is 1. The summed E-state index contributed by atoms with van der Waals surface area (Å²) in [5, 5.41) is 3.57. The Labute approximate surface area is 151 Å². The number of aryl methyl sites for hydroxylation is 3. The van der Waals surface area contributed by atoms with Gasteiger partial charge in [0.15, 0.2) is 11.9 Å². The number of nitrogens with zero attached hydrogens (tertiary/aromatic N) is 1. The van der Waals surface area contributed by atoms with Crippen LogP contribution in [0.15, 0.2) is 33.7 Å². The molecule has 140 valence electrons. The van der Waals surface area contributed by atoms with Crippen LogP contribution in [0.1, 0.15) is 34.3 Å². The van der Waals surface area contributed by atoms with Gasteiger partial charge in [-0.1, -0.05) is 35.0 Å². The lowest BCUT2D eigenvalue weighted by molar-refractivity contribution is -0.144. The fourth-order valence-electron chi connectivity index (χ4n) is 2.33. The fourth-order valence-corrected chi connectivity index (χ4v) is 3.62. The number of ketones is 1. The van der Waals surface area contributed by atoms with E-state index >= 15 is 0 Å². The first-order valence-electron chi connectivity index (χ1n) is 7.84. The van der Waals surface area contributed by atoms with E-state index in [9.17, 15) is 18.0 Å². The van der Waals surface area contributed by atoms with Gasteiger partial charge >= 0.3 is 5.97 Å². The maximum absolute atomic E-state index is 12.2. The van der Waals surface area contributed by atoms with Gasteiger partial charge in [0, 0.05) is 5.56 Å². The summed E-state index contributed by atoms with van der Waals surface area (Å²) < 4.78 is 36.4. The number of hydrogen-bond acceptors (Lipinski definition) is 7. The van der Waals surface area contributed by atoms with E-state index in [2.05, 4.69) is 9.88 Å². The monoisotopic (exact) mass is 380 g/mol. The van der Waals surface area contributed by atoms with E-state index in [-0.39, 0.29) is 22.1 Å². The molecule has 0 unspecified atom stereocenters. The average molecular weight is 380 g/mol. The minimum absolute atomic E-state index is 0.117. The van der Waals surface area contributed by atoms with E-state index in [1.807, 2.05) is 6.92 Å². The molecule has 0 aliphatic rings. The minimum Gasteiger partial charge on any atom is -0.453 e. The highest BCUT2D eigenvalue weighted by atomic mass is 32.2. The van der Waals surface area contributed by atoms with Crippen LogP contribution in [0.4, 0.5) is 0 Å². The first kappa shape index (κ1) is 19.8. The third kappa shape index (κ3) is 4.55. The molecule has 2 aromatic rings. The number of hydrogen-bond donors (Lipinski definition) is 1. The molecule has 0 aliphatic carbocycles. The fraction of sp³-hybridized carbons (Fsp3) is 0.353. The third-order valence-electron chi connectivity index (χ3n) is 3.66. The van der Waals surface area contributed by atoms with Gasteiger partial charge in [0.2, 0.25) is 15.8 Å². The van der Waals surface area contributed by atoms with E-state index < -0.39 is 28.6 Å². The molecule has 1 N–H and O–H groups in total. The quantitative estimate of drug-likeness (QED) is 0.574. The number of sulfonamides is 1. The molecule has 1 atom stereocenters. The Morgan fingerprint density at radius 2 is 1.81 bits per heavy atom. The summed E-state index contributed by atoms with van der Waals surface area (Å²) in [5.41, 5.74) is 1.60. The van der Waals surface area contributed by atoms with Crippen molar-refractivity contribution in [1.29, 1.82) is 0 Å². The van der Waals surface area contributed by atoms with Gasteiger partial charge in [0.1, 0.15) is 17.1 Å². The predicted molar refractivity (Wildman–Crippen MR) is 92.2 cm³/mol. The number of carbonyl (C=O) groups is 2. The van der Waals surface area contributed by atoms with E-state index in [4.69, 9.17) is 9.26 Å². The molecule has 8 nitrogen and oxygen atoms in total. The average Bonchev–Trinajstić information content (AvgIpc) is 2.92. The molecule has 0 fully saturated rings. The number of carbonyl (C=O) groups excluding carboxylic acids is 2. The highest BCUT2D eigenvalue weighted by molar-refractivity contribution is 7.89. The topological polar surface area (TPSA) is 116 Å². The Morgan fingerprint density at radius 3 is 2.35 bits per heavy atom. The summed E-state index contributed by atoms with van der Waals surface area (Å²) in [5.74, 6) is -1.12. The van der Waals surface area contributed by atoms with Crippen molar-refractivity contribution in [2.24, 2.45) is 0 Å². The second kappa shape index (κ2) is 7.79. The van der Waals surface area contributed by atoms with Crippen LogP contribution in [0, 0.1) is 20.8 Å². The molecule has 0 radical (unpaired) electrons. The lowest BCUT2D eigenvalue weighted by Gasteiger charge is -2.13. The van der Waals surface area contributed by atoms with Crippen molar-refractivity contribution in [3.8, 4) is 0 Å². The van der Waals surface area contributed by atoms with Crippen molar-refractivity contribution in [3.05, 3.63) is 46.8 Å². The minimum atomic E-state index is -3.98. The summed E-state index contributed by atoms with van der Waals surface area (Å²) >= 11 is 0. The van der Waals surface area contributed by atoms with Gasteiger partial charge in [-0.25, -0.2) is 8.42 Å². The van der Waals surface area contributed by atoms with Crippen molar-refractivity contribution in [2.75, 3.05) is 6.54 Å². The second-order valence-corrected chi connectivity index (χ2v) is 7.54. The molecule has 0 amide bonds. The lowest BCUT2D eigenvalue weighted by Crippen LogP contribution is -2.34. The van der Waals surface area contributed by atoms with Crippen LogP contribution in [-0.4, -0.2) is 38.0 Å². The first-order valence-corrected chi connectivity index (χ1v) is 9.33. The zero-order valence-corrected chi connectivity index (χ0v) is 15.7. The van der Waals surface area contributed by atoms with E-state index in [0.717, 1.165) is 5.56 Å². The summed E-state index contributed by atoms with van der Waals surface area (Å²) in [4.78, 5) is 24.0. The highest BCUT2D eigenvalue weighted by Crippen LogP contribution is 2.18. The van der Waals surface area contributed by atoms with Gasteiger partial charge < -0.3 is 9.26 Å². The van der Waals surface area contributed by atoms with E-state index in [0.29, 0.717) is 5.56 Å². The molecule has 26 heavy (non-hydrogen) atoms. The maximum Gasteiger partial charge on any atom is 0.321 e. The van der Waals surface area contributed by atoms with Crippen LogP contribution in [0.25, 0.3) is 0 Å². The Balaban J connectivity index is 1.96. The Bertz CT molecular complexity index is 896. The number of aromatic nitrogens is 1. The van der Waals surface area contributed by atoms with Crippen molar-refractivity contribution >= 4 is 21.8 Å². The summed E-state index contributed by atoms with van der Waals surface area (Å²) in [6.45, 7) is 5.64. The molecule has 1 heterocycles. The molecular formula is C17H20N2O6S. The molecule has 0 saturated heterocycles. The van der Waals surface area contributed by atoms with Gasteiger partial charge in [0.05, 0.1) is 0 Å². The maximum atomic E-state index is 12.2. The molecule has 0 bridgehead atoms. The SMILES string of the molecule is Cc1ccc(C(=O)[C@@H](C)OC(=O)CNS(=O)(=O)c2c(C)noc2C)cc1. The number of rotatable bonds is 7. The molecule has 1 aromatic heterocycles. The van der Waals surface area contributed by atoms with E-state index in [1.54, 1.807) is 24.3 Å². The Kier molecular flexibility index (Phi) is 5.94. The molecule has 9 heteroatoms. The van der Waals surface area contributed by atoms with E-state index in [1.165, 1.54) is 20.8 Å². The van der Waals surface area contributed by atoms with Crippen LogP contribution in [-0.2, 0) is 19.6 Å². The zero-order chi connectivity index (χ0) is 19.5. The van der Waals surface area contributed by atoms with Gasteiger partial charge in [-0.2, -0.15) is 4.72 Å². The van der Waals surface area contributed by atoms with Crippen molar-refractivity contribution in [3.63, 3.8) is 0 Å². The van der Waals surface area contributed by atoms with Gasteiger partial charge in [-0.05, 0) is 27.7 Å². The molecule has 0 saturated carbocycles. The zero-order valence-electron chi connectivity index (χ0n) is 14.9. The van der Waals surface area contributed by atoms with Crippen molar-refractivity contribution in [2.45, 2.75) is 38.7 Å². The van der Waals surface area contributed by atoms with Crippen LogP contribution in [0.3, 0.4) is 0 Å². The van der Waals surface area contributed by atoms with Gasteiger partial charge in [-0.3, -0.25) is 9.59 Å². The van der Waals surface area contributed by atoms with Crippen LogP contribution in [0.2, 0.25) is 0 Å². The van der Waals surface area contributed by atoms with Gasteiger partial charge in [0.25, 0.3) is 0 Å². The summed E-state index contributed by atoms with van der Waals surface area (Å²) in [7, 11) is -3.98. The smallest absolute Gasteiger partial charge is 0.321 e. The summed E-state index contributed by atoms with van der Waals surface area (Å²) in [6.07, 6.45) is -1.03. The molecule has 0 aliphatic heterocycles. The van der Waals surface area contributed by atoms with Gasteiger partial charge in [-0.15, -0.1) is 0 Å². The summed E-state index contributed by atoms with van der Waals surface area (Å²) in [6, 6.07) is 6.84. The second-order valence-electron chi connectivity index (χ2n) is 5.84. The number of ether oxygens (including phenoxy) is 1. The number of benzene rings is 1. The number of nitrogens with one attached hydrogen (secondary N) is 1.